The van der Waals surface area contributed by atoms with Gasteiger partial charge in [0, 0.05) is 24.7 Å². The van der Waals surface area contributed by atoms with E-state index < -0.39 is 12.1 Å². The van der Waals surface area contributed by atoms with Crippen LogP contribution >= 0.6 is 0 Å². The predicted octanol–water partition coefficient (Wildman–Crippen LogP) is 2.96. The Balaban J connectivity index is 0.000000360. The quantitative estimate of drug-likeness (QED) is 0.710. The van der Waals surface area contributed by atoms with Gasteiger partial charge in [0.1, 0.15) is 11.9 Å². The molecule has 4 rings (SSSR count). The highest BCUT2D eigenvalue weighted by molar-refractivity contribution is 5.81. The minimum Gasteiger partial charge on any atom is -0.475 e. The minimum absolute atomic E-state index is 0.110. The van der Waals surface area contributed by atoms with E-state index in [0.717, 1.165) is 56.8 Å². The number of carboxylic acids is 1. The second-order valence-electron chi connectivity index (χ2n) is 8.78. The number of nitrogens with one attached hydrogen (secondary N) is 1. The maximum atomic E-state index is 12.5. The fourth-order valence-corrected chi connectivity index (χ4v) is 4.62. The Morgan fingerprint density at radius 1 is 1.22 bits per heavy atom. The minimum atomic E-state index is -5.08. The number of aromatic nitrogens is 1. The third kappa shape index (κ3) is 6.22. The molecule has 0 bridgehead atoms. The zero-order valence-electron chi connectivity index (χ0n) is 18.3. The Morgan fingerprint density at radius 3 is 2.44 bits per heavy atom. The van der Waals surface area contributed by atoms with Crippen LogP contribution in [0.25, 0.3) is 0 Å². The number of hydrogen-bond acceptors (Lipinski definition) is 6. The largest absolute Gasteiger partial charge is 0.490 e. The topological polar surface area (TPSA) is 105 Å². The van der Waals surface area contributed by atoms with Gasteiger partial charge in [0.2, 0.25) is 5.91 Å². The molecule has 1 amide bonds. The zero-order chi connectivity index (χ0) is 23.5. The second kappa shape index (κ2) is 10.2. The summed E-state index contributed by atoms with van der Waals surface area (Å²) >= 11 is 0. The summed E-state index contributed by atoms with van der Waals surface area (Å²) < 4.78 is 43.2. The number of aliphatic carboxylic acids is 1. The Morgan fingerprint density at radius 2 is 1.88 bits per heavy atom. The van der Waals surface area contributed by atoms with Crippen LogP contribution in [-0.2, 0) is 20.9 Å². The van der Waals surface area contributed by atoms with Crippen LogP contribution in [0.5, 0.6) is 0 Å². The van der Waals surface area contributed by atoms with Crippen molar-refractivity contribution >= 4 is 11.9 Å². The van der Waals surface area contributed by atoms with Crippen LogP contribution in [0.4, 0.5) is 13.2 Å². The molecule has 0 unspecified atom stereocenters. The number of likely N-dealkylation sites (tertiary alicyclic amines) is 1. The SMILES string of the molecule is Cc1noc(C)c1CN1CC[C@H]2C[C@H](C(=O)NC3CCCC3)O[C@H]2C1.O=C(O)C(F)(F)F. The average molecular weight is 461 g/mol. The molecule has 0 radical (unpaired) electrons. The van der Waals surface area contributed by atoms with Crippen LogP contribution in [0.3, 0.4) is 0 Å². The van der Waals surface area contributed by atoms with E-state index in [0.29, 0.717) is 12.0 Å². The summed E-state index contributed by atoms with van der Waals surface area (Å²) in [5.74, 6) is -1.23. The third-order valence-electron chi connectivity index (χ3n) is 6.44. The van der Waals surface area contributed by atoms with Crippen molar-refractivity contribution in [3.63, 3.8) is 0 Å². The number of hydrogen-bond donors (Lipinski definition) is 2. The molecule has 3 heterocycles. The van der Waals surface area contributed by atoms with Crippen LogP contribution in [0.1, 0.15) is 55.5 Å². The maximum absolute atomic E-state index is 12.5. The van der Waals surface area contributed by atoms with E-state index in [1.54, 1.807) is 0 Å². The summed E-state index contributed by atoms with van der Waals surface area (Å²) in [4.78, 5) is 23.8. The molecule has 0 aromatic carbocycles. The van der Waals surface area contributed by atoms with Gasteiger partial charge in [-0.15, -0.1) is 0 Å². The first kappa shape index (κ1) is 24.5. The summed E-state index contributed by atoms with van der Waals surface area (Å²) in [6.07, 6.45) is 1.52. The highest BCUT2D eigenvalue weighted by Crippen LogP contribution is 2.34. The number of rotatable bonds is 4. The van der Waals surface area contributed by atoms with Gasteiger partial charge in [-0.3, -0.25) is 9.69 Å². The first-order valence-electron chi connectivity index (χ1n) is 10.9. The normalized spacial score (nSPS) is 26.3. The van der Waals surface area contributed by atoms with E-state index in [1.165, 1.54) is 18.4 Å². The van der Waals surface area contributed by atoms with Crippen molar-refractivity contribution in [2.24, 2.45) is 5.92 Å². The molecule has 0 spiro atoms. The van der Waals surface area contributed by atoms with Crippen LogP contribution in [0.2, 0.25) is 0 Å². The summed E-state index contributed by atoms with van der Waals surface area (Å²) in [6, 6.07) is 0.370. The number of nitrogens with zero attached hydrogens (tertiary/aromatic N) is 2. The average Bonchev–Trinajstić information content (AvgIpc) is 3.44. The van der Waals surface area contributed by atoms with Crippen molar-refractivity contribution in [2.75, 3.05) is 13.1 Å². The Kier molecular flexibility index (Phi) is 7.81. The zero-order valence-corrected chi connectivity index (χ0v) is 18.3. The van der Waals surface area contributed by atoms with Crippen molar-refractivity contribution in [1.82, 2.24) is 15.4 Å². The number of piperidine rings is 1. The van der Waals surface area contributed by atoms with Crippen LogP contribution in [0, 0.1) is 19.8 Å². The van der Waals surface area contributed by atoms with Gasteiger partial charge in [0.25, 0.3) is 0 Å². The molecule has 3 atom stereocenters. The third-order valence-corrected chi connectivity index (χ3v) is 6.44. The summed E-state index contributed by atoms with van der Waals surface area (Å²) in [6.45, 7) is 6.76. The van der Waals surface area contributed by atoms with Gasteiger partial charge in [-0.1, -0.05) is 18.0 Å². The predicted molar refractivity (Wildman–Crippen MR) is 107 cm³/mol. The standard InChI is InChI=1S/C19H29N3O3.C2HF3O2/c1-12-16(13(2)25-21-12)10-22-8-7-14-9-17(24-18(14)11-22)19(23)20-15-5-3-4-6-15;3-2(4,5)1(6)7/h14-15,17-18H,3-11H2,1-2H3,(H,20,23);(H,6,7)/t14-,17+,18-;/m0./s1. The number of fused-ring (bicyclic) bond motifs is 1. The molecule has 2 N–H and O–H groups in total. The molecule has 2 saturated heterocycles. The van der Waals surface area contributed by atoms with Gasteiger partial charge < -0.3 is 19.7 Å². The lowest BCUT2D eigenvalue weighted by atomic mass is 9.91. The number of aryl methyl sites for hydroxylation is 2. The highest BCUT2D eigenvalue weighted by Gasteiger charge is 2.42. The lowest BCUT2D eigenvalue weighted by molar-refractivity contribution is -0.192. The Labute approximate surface area is 184 Å². The Hall–Kier alpha value is -2.14. The van der Waals surface area contributed by atoms with Crippen LogP contribution < -0.4 is 5.32 Å². The summed E-state index contributed by atoms with van der Waals surface area (Å²) in [5, 5.41) is 14.4. The molecule has 1 aromatic heterocycles. The number of carboxylic acid groups (broad SMARTS) is 1. The lowest BCUT2D eigenvalue weighted by Gasteiger charge is -2.33. The number of amides is 1. The number of ether oxygens (including phenoxy) is 1. The fourth-order valence-electron chi connectivity index (χ4n) is 4.62. The molecule has 32 heavy (non-hydrogen) atoms. The molecular weight excluding hydrogens is 431 g/mol. The monoisotopic (exact) mass is 461 g/mol. The number of carbonyl (C=O) groups excluding carboxylic acids is 1. The lowest BCUT2D eigenvalue weighted by Crippen LogP contribution is -2.42. The van der Waals surface area contributed by atoms with E-state index in [4.69, 9.17) is 19.2 Å². The van der Waals surface area contributed by atoms with Crippen molar-refractivity contribution in [3.8, 4) is 0 Å². The molecule has 8 nitrogen and oxygen atoms in total. The molecule has 11 heteroatoms. The first-order valence-corrected chi connectivity index (χ1v) is 10.9. The summed E-state index contributed by atoms with van der Waals surface area (Å²) in [5.41, 5.74) is 2.16. The van der Waals surface area contributed by atoms with Crippen molar-refractivity contribution in [2.45, 2.75) is 83.3 Å². The van der Waals surface area contributed by atoms with Crippen molar-refractivity contribution in [1.29, 1.82) is 0 Å². The van der Waals surface area contributed by atoms with Gasteiger partial charge in [0.05, 0.1) is 11.8 Å². The second-order valence-corrected chi connectivity index (χ2v) is 8.78. The highest BCUT2D eigenvalue weighted by atomic mass is 19.4. The van der Waals surface area contributed by atoms with E-state index >= 15 is 0 Å². The van der Waals surface area contributed by atoms with Gasteiger partial charge in [-0.05, 0) is 52.0 Å². The molecule has 1 saturated carbocycles. The van der Waals surface area contributed by atoms with E-state index in [-0.39, 0.29) is 18.1 Å². The van der Waals surface area contributed by atoms with Crippen molar-refractivity contribution in [3.05, 3.63) is 17.0 Å². The molecular formula is C21H30F3N3O5. The number of alkyl halides is 3. The van der Waals surface area contributed by atoms with E-state index in [9.17, 15) is 18.0 Å². The molecule has 3 fully saturated rings. The smallest absolute Gasteiger partial charge is 0.475 e. The molecule has 2 aliphatic heterocycles. The van der Waals surface area contributed by atoms with E-state index in [1.807, 2.05) is 13.8 Å². The fraction of sp³-hybridized carbons (Fsp3) is 0.762. The summed E-state index contributed by atoms with van der Waals surface area (Å²) in [7, 11) is 0. The van der Waals surface area contributed by atoms with Gasteiger partial charge >= 0.3 is 12.1 Å². The molecule has 3 aliphatic rings. The van der Waals surface area contributed by atoms with Crippen LogP contribution in [-0.4, -0.2) is 64.6 Å². The molecule has 1 aromatic rings. The van der Waals surface area contributed by atoms with Gasteiger partial charge in [-0.25, -0.2) is 4.79 Å². The first-order chi connectivity index (χ1) is 15.0. The number of halogens is 3. The van der Waals surface area contributed by atoms with Crippen LogP contribution in [0.15, 0.2) is 4.52 Å². The van der Waals surface area contributed by atoms with Gasteiger partial charge in [-0.2, -0.15) is 13.2 Å². The number of carbonyl (C=O) groups is 2. The molecule has 180 valence electrons. The Bertz CT molecular complexity index is 788. The van der Waals surface area contributed by atoms with Gasteiger partial charge in [0.15, 0.2) is 0 Å². The maximum Gasteiger partial charge on any atom is 0.490 e. The van der Waals surface area contributed by atoms with E-state index in [2.05, 4.69) is 15.4 Å². The molecule has 1 aliphatic carbocycles. The van der Waals surface area contributed by atoms with Crippen molar-refractivity contribution < 1.29 is 37.1 Å².